The summed E-state index contributed by atoms with van der Waals surface area (Å²) >= 11 is 0. The van der Waals surface area contributed by atoms with Crippen LogP contribution in [0.5, 0.6) is 5.88 Å². The largest absolute Gasteiger partial charge is 1.00 e. The zero-order valence-electron chi connectivity index (χ0n) is 10.9. The maximum atomic E-state index is 12.7. The van der Waals surface area contributed by atoms with Gasteiger partial charge in [-0.05, 0) is 22.9 Å². The van der Waals surface area contributed by atoms with Gasteiger partial charge in [-0.25, -0.2) is 4.39 Å². The fraction of sp³-hybridized carbons (Fsp3) is 0.0909. The number of aromatic nitrogens is 3. The molecule has 0 saturated carbocycles. The van der Waals surface area contributed by atoms with E-state index in [9.17, 15) is 14.3 Å². The number of nitrogens with one attached hydrogen (secondary N) is 1. The van der Waals surface area contributed by atoms with E-state index < -0.39 is 11.8 Å². The molecule has 0 aliphatic rings. The molecule has 0 atom stereocenters. The van der Waals surface area contributed by atoms with Crippen LogP contribution < -0.4 is 40.0 Å². The van der Waals surface area contributed by atoms with E-state index in [1.54, 1.807) is 0 Å². The molecule has 0 saturated heterocycles. The van der Waals surface area contributed by atoms with Crippen LogP contribution in [0.25, 0.3) is 0 Å². The van der Waals surface area contributed by atoms with Crippen molar-refractivity contribution in [3.63, 3.8) is 0 Å². The average molecular weight is 285 g/mol. The van der Waals surface area contributed by atoms with Crippen LogP contribution in [0.3, 0.4) is 0 Å². The summed E-state index contributed by atoms with van der Waals surface area (Å²) in [7, 11) is 1.38. The van der Waals surface area contributed by atoms with Gasteiger partial charge in [-0.2, -0.15) is 5.10 Å². The van der Waals surface area contributed by atoms with E-state index in [1.165, 1.54) is 37.5 Å². The van der Waals surface area contributed by atoms with Crippen molar-refractivity contribution >= 4 is 12.1 Å². The van der Waals surface area contributed by atoms with Gasteiger partial charge in [0.05, 0.1) is 6.21 Å². The van der Waals surface area contributed by atoms with Crippen molar-refractivity contribution in [3.8, 4) is 5.88 Å². The van der Waals surface area contributed by atoms with Gasteiger partial charge in [0.25, 0.3) is 5.91 Å². The molecular formula is C11H9FN5NaO2. The van der Waals surface area contributed by atoms with E-state index in [-0.39, 0.29) is 41.1 Å². The van der Waals surface area contributed by atoms with Gasteiger partial charge in [-0.3, -0.25) is 4.79 Å². The first-order chi connectivity index (χ1) is 9.11. The summed E-state index contributed by atoms with van der Waals surface area (Å²) in [4.78, 5) is 11.9. The first-order valence-corrected chi connectivity index (χ1v) is 5.26. The van der Waals surface area contributed by atoms with Crippen LogP contribution in [0, 0.1) is 5.82 Å². The second-order valence-electron chi connectivity index (χ2n) is 3.51. The van der Waals surface area contributed by atoms with Gasteiger partial charge in [-0.1, -0.05) is 12.1 Å². The summed E-state index contributed by atoms with van der Waals surface area (Å²) < 4.78 is 12.7. The first-order valence-electron chi connectivity index (χ1n) is 5.26. The molecule has 0 spiro atoms. The molecular weight excluding hydrogens is 276 g/mol. The van der Waals surface area contributed by atoms with Crippen LogP contribution in [-0.4, -0.2) is 34.3 Å². The SMILES string of the molecule is CNC(=O)c1nnn(/N=C/c2ccc(F)cc2)c1[O-].[Na+]. The summed E-state index contributed by atoms with van der Waals surface area (Å²) in [6, 6.07) is 5.49. The number of carbonyl (C=O) groups excluding carboxylic acids is 1. The molecule has 1 aromatic heterocycles. The van der Waals surface area contributed by atoms with E-state index in [0.29, 0.717) is 10.4 Å². The Balaban J connectivity index is 0.00000200. The third-order valence-electron chi connectivity index (χ3n) is 2.24. The number of halogens is 1. The molecule has 1 heterocycles. The quantitative estimate of drug-likeness (QED) is 0.473. The number of hydrogen-bond acceptors (Lipinski definition) is 5. The Morgan fingerprint density at radius 2 is 2.10 bits per heavy atom. The van der Waals surface area contributed by atoms with Crippen LogP contribution in [0.1, 0.15) is 16.1 Å². The Morgan fingerprint density at radius 3 is 2.70 bits per heavy atom. The van der Waals surface area contributed by atoms with E-state index in [4.69, 9.17) is 0 Å². The van der Waals surface area contributed by atoms with Gasteiger partial charge in [-0.15, -0.1) is 9.89 Å². The van der Waals surface area contributed by atoms with Crippen molar-refractivity contribution in [1.82, 2.24) is 20.4 Å². The standard InChI is InChI=1S/C11H10FN5O2.Na/c1-13-10(18)9-11(19)17(16-15-9)14-6-7-2-4-8(12)5-3-7;/h2-6,19H,1H3,(H,13,18);/q;+1/p-1/b14-6+;. The molecule has 20 heavy (non-hydrogen) atoms. The number of carbonyl (C=O) groups is 1. The average Bonchev–Trinajstić information content (AvgIpc) is 2.79. The van der Waals surface area contributed by atoms with Gasteiger partial charge in [0, 0.05) is 12.9 Å². The molecule has 0 fully saturated rings. The van der Waals surface area contributed by atoms with Crippen molar-refractivity contribution in [2.24, 2.45) is 5.10 Å². The summed E-state index contributed by atoms with van der Waals surface area (Å²) in [6.07, 6.45) is 1.31. The molecule has 1 amide bonds. The van der Waals surface area contributed by atoms with Gasteiger partial charge in [0.15, 0.2) is 5.69 Å². The van der Waals surface area contributed by atoms with Crippen molar-refractivity contribution in [3.05, 3.63) is 41.3 Å². The smallest absolute Gasteiger partial charge is 0.856 e. The molecule has 2 rings (SSSR count). The predicted octanol–water partition coefficient (Wildman–Crippen LogP) is -3.26. The van der Waals surface area contributed by atoms with Crippen molar-refractivity contribution < 1.29 is 43.8 Å². The zero-order chi connectivity index (χ0) is 13.8. The van der Waals surface area contributed by atoms with E-state index in [1.807, 2.05) is 0 Å². The Bertz CT molecular complexity index is 626. The van der Waals surface area contributed by atoms with Crippen LogP contribution in [-0.2, 0) is 0 Å². The fourth-order valence-electron chi connectivity index (χ4n) is 1.27. The molecule has 9 heteroatoms. The third-order valence-corrected chi connectivity index (χ3v) is 2.24. The van der Waals surface area contributed by atoms with Gasteiger partial charge in [0.2, 0.25) is 0 Å². The molecule has 2 aromatic rings. The zero-order valence-corrected chi connectivity index (χ0v) is 12.9. The monoisotopic (exact) mass is 285 g/mol. The minimum absolute atomic E-state index is 0. The Hall–Kier alpha value is -1.77. The Morgan fingerprint density at radius 1 is 1.45 bits per heavy atom. The molecule has 7 nitrogen and oxygen atoms in total. The molecule has 0 aliphatic heterocycles. The summed E-state index contributed by atoms with van der Waals surface area (Å²) in [6.45, 7) is 0. The minimum Gasteiger partial charge on any atom is -0.856 e. The van der Waals surface area contributed by atoms with E-state index >= 15 is 0 Å². The Kier molecular flexibility index (Phi) is 5.81. The summed E-state index contributed by atoms with van der Waals surface area (Å²) in [5.41, 5.74) is 0.247. The number of nitrogens with zero attached hydrogens (tertiary/aromatic N) is 4. The molecule has 0 radical (unpaired) electrons. The molecule has 98 valence electrons. The van der Waals surface area contributed by atoms with E-state index in [0.717, 1.165) is 0 Å². The second kappa shape index (κ2) is 7.13. The summed E-state index contributed by atoms with van der Waals surface area (Å²) in [5, 5.41) is 24.5. The van der Waals surface area contributed by atoms with Crippen LogP contribution >= 0.6 is 0 Å². The van der Waals surface area contributed by atoms with E-state index in [2.05, 4.69) is 20.7 Å². The molecule has 1 N–H and O–H groups in total. The number of benzene rings is 1. The second-order valence-corrected chi connectivity index (χ2v) is 3.51. The predicted molar refractivity (Wildman–Crippen MR) is 62.3 cm³/mol. The maximum absolute atomic E-state index is 12.7. The normalized spacial score (nSPS) is 10.3. The van der Waals surface area contributed by atoms with Crippen molar-refractivity contribution in [2.45, 2.75) is 0 Å². The van der Waals surface area contributed by atoms with Gasteiger partial charge >= 0.3 is 29.6 Å². The number of hydrogen-bond donors (Lipinski definition) is 1. The third kappa shape index (κ3) is 3.62. The van der Waals surface area contributed by atoms with Gasteiger partial charge in [0.1, 0.15) is 5.82 Å². The van der Waals surface area contributed by atoms with Crippen LogP contribution in [0.15, 0.2) is 29.4 Å². The summed E-state index contributed by atoms with van der Waals surface area (Å²) in [5.74, 6) is -1.73. The molecule has 0 bridgehead atoms. The Labute approximate surface area is 135 Å². The molecule has 0 aliphatic carbocycles. The van der Waals surface area contributed by atoms with Crippen LogP contribution in [0.2, 0.25) is 0 Å². The van der Waals surface area contributed by atoms with Crippen molar-refractivity contribution in [1.29, 1.82) is 0 Å². The fourth-order valence-corrected chi connectivity index (χ4v) is 1.27. The molecule has 1 aromatic carbocycles. The molecule has 0 unspecified atom stereocenters. The minimum atomic E-state index is -0.724. The topological polar surface area (TPSA) is 95.2 Å². The number of rotatable bonds is 3. The van der Waals surface area contributed by atoms with Crippen LogP contribution in [0.4, 0.5) is 4.39 Å². The maximum Gasteiger partial charge on any atom is 1.00 e. The number of amides is 1. The van der Waals surface area contributed by atoms with Gasteiger partial charge < -0.3 is 10.4 Å². The van der Waals surface area contributed by atoms with Crippen molar-refractivity contribution in [2.75, 3.05) is 7.05 Å². The first kappa shape index (κ1) is 16.3.